The van der Waals surface area contributed by atoms with Gasteiger partial charge in [-0.2, -0.15) is 0 Å². The Morgan fingerprint density at radius 2 is 0.419 bits per heavy atom. The predicted octanol–water partition coefficient (Wildman–Crippen LogP) is 0.295. The van der Waals surface area contributed by atoms with Crippen LogP contribution in [-0.4, -0.2) is 172 Å². The lowest BCUT2D eigenvalue weighted by molar-refractivity contribution is -0.142. The highest BCUT2D eigenvalue weighted by atomic mass is 16.6. The van der Waals surface area contributed by atoms with Crippen molar-refractivity contribution in [3.8, 4) is 0 Å². The van der Waals surface area contributed by atoms with E-state index in [-0.39, 0.29) is 24.8 Å². The summed E-state index contributed by atoms with van der Waals surface area (Å²) in [5.74, 6) is -0.578. The molecular formula is C28H54O15. The Labute approximate surface area is 255 Å². The molecule has 0 aromatic rings. The molecule has 0 amide bonds. The van der Waals surface area contributed by atoms with Gasteiger partial charge in [-0.3, -0.25) is 9.59 Å². The Morgan fingerprint density at radius 3 is 0.558 bits per heavy atom. The van der Waals surface area contributed by atoms with Crippen LogP contribution in [0.1, 0.15) is 12.8 Å². The fourth-order valence-corrected chi connectivity index (χ4v) is 2.82. The van der Waals surface area contributed by atoms with Gasteiger partial charge in [0.05, 0.1) is 172 Å². The molecule has 0 radical (unpaired) electrons. The first-order valence-corrected chi connectivity index (χ1v) is 14.7. The monoisotopic (exact) mass is 630 g/mol. The Hall–Kier alpha value is -1.50. The molecule has 0 saturated carbocycles. The zero-order chi connectivity index (χ0) is 31.3. The second-order valence-electron chi connectivity index (χ2n) is 8.39. The minimum absolute atomic E-state index is 0.242. The standard InChI is InChI=1S/C28H54O15/c1-31-27(29)3-5-33-7-9-35-11-13-37-15-17-39-19-21-41-23-25-43-26-24-42-22-20-40-18-16-38-14-12-36-10-8-34-6-4-28(30)32-2/h3-26H2,1-2H3. The number of esters is 2. The van der Waals surface area contributed by atoms with Crippen LogP contribution in [0.3, 0.4) is 0 Å². The van der Waals surface area contributed by atoms with Gasteiger partial charge in [-0.25, -0.2) is 0 Å². The topological polar surface area (TPSA) is 154 Å². The summed E-state index contributed by atoms with van der Waals surface area (Å²) >= 11 is 0. The minimum atomic E-state index is -0.289. The Morgan fingerprint density at radius 1 is 0.279 bits per heavy atom. The Balaban J connectivity index is 3.06. The van der Waals surface area contributed by atoms with E-state index in [1.54, 1.807) is 0 Å². The summed E-state index contributed by atoms with van der Waals surface area (Å²) < 4.78 is 68.3. The summed E-state index contributed by atoms with van der Waals surface area (Å²) in [6.07, 6.45) is 0.483. The molecule has 0 aromatic heterocycles. The number of ether oxygens (including phenoxy) is 13. The van der Waals surface area contributed by atoms with E-state index in [0.717, 1.165) is 0 Å². The molecule has 0 saturated heterocycles. The van der Waals surface area contributed by atoms with E-state index in [2.05, 4.69) is 9.47 Å². The molecule has 256 valence electrons. The van der Waals surface area contributed by atoms with Crippen molar-refractivity contribution in [1.29, 1.82) is 0 Å². The van der Waals surface area contributed by atoms with E-state index in [1.165, 1.54) is 14.2 Å². The molecule has 0 rings (SSSR count). The fourth-order valence-electron chi connectivity index (χ4n) is 2.82. The second kappa shape index (κ2) is 36.7. The van der Waals surface area contributed by atoms with Crippen molar-refractivity contribution >= 4 is 11.9 Å². The van der Waals surface area contributed by atoms with E-state index < -0.39 is 0 Å². The zero-order valence-electron chi connectivity index (χ0n) is 26.1. The third-order valence-corrected chi connectivity index (χ3v) is 5.08. The predicted molar refractivity (Wildman–Crippen MR) is 152 cm³/mol. The zero-order valence-corrected chi connectivity index (χ0v) is 26.1. The summed E-state index contributed by atoms with van der Waals surface area (Å²) in [5.41, 5.74) is 0. The maximum atomic E-state index is 10.9. The van der Waals surface area contributed by atoms with Crippen molar-refractivity contribution < 1.29 is 71.2 Å². The summed E-state index contributed by atoms with van der Waals surface area (Å²) in [4.78, 5) is 21.8. The smallest absolute Gasteiger partial charge is 0.307 e. The molecule has 0 aliphatic carbocycles. The summed E-state index contributed by atoms with van der Waals surface area (Å²) in [6.45, 7) is 10.1. The lowest BCUT2D eigenvalue weighted by atomic mass is 10.5. The number of methoxy groups -OCH3 is 2. The largest absolute Gasteiger partial charge is 0.469 e. The van der Waals surface area contributed by atoms with Crippen molar-refractivity contribution in [2.75, 3.05) is 160 Å². The van der Waals surface area contributed by atoms with Gasteiger partial charge in [-0.05, 0) is 0 Å². The van der Waals surface area contributed by atoms with Gasteiger partial charge < -0.3 is 61.6 Å². The molecule has 15 heteroatoms. The molecule has 0 bridgehead atoms. The highest BCUT2D eigenvalue weighted by Gasteiger charge is 2.00. The average molecular weight is 631 g/mol. The molecule has 43 heavy (non-hydrogen) atoms. The lowest BCUT2D eigenvalue weighted by Gasteiger charge is -2.09. The molecule has 0 aliphatic rings. The van der Waals surface area contributed by atoms with Gasteiger partial charge in [0.15, 0.2) is 0 Å². The fraction of sp³-hybridized carbons (Fsp3) is 0.929. The number of hydrogen-bond donors (Lipinski definition) is 0. The summed E-state index contributed by atoms with van der Waals surface area (Å²) in [7, 11) is 2.70. The van der Waals surface area contributed by atoms with E-state index in [1.807, 2.05) is 0 Å². The molecule has 0 atom stereocenters. The minimum Gasteiger partial charge on any atom is -0.469 e. The third-order valence-electron chi connectivity index (χ3n) is 5.08. The molecule has 0 aromatic carbocycles. The number of carbonyl (C=O) groups excluding carboxylic acids is 2. The number of rotatable bonds is 36. The van der Waals surface area contributed by atoms with Crippen LogP contribution in [0.4, 0.5) is 0 Å². The van der Waals surface area contributed by atoms with Gasteiger partial charge in [0.25, 0.3) is 0 Å². The quantitative estimate of drug-likeness (QED) is 0.0688. The molecule has 0 heterocycles. The maximum Gasteiger partial charge on any atom is 0.307 e. The van der Waals surface area contributed by atoms with Crippen LogP contribution >= 0.6 is 0 Å². The number of hydrogen-bond acceptors (Lipinski definition) is 15. The highest BCUT2D eigenvalue weighted by molar-refractivity contribution is 5.69. The first kappa shape index (κ1) is 41.5. The van der Waals surface area contributed by atoms with Crippen LogP contribution in [0, 0.1) is 0 Å². The van der Waals surface area contributed by atoms with Crippen LogP contribution in [0.5, 0.6) is 0 Å². The first-order valence-electron chi connectivity index (χ1n) is 14.7. The number of carbonyl (C=O) groups is 2. The molecule has 0 N–H and O–H groups in total. The van der Waals surface area contributed by atoms with Crippen LogP contribution in [0.25, 0.3) is 0 Å². The Bertz CT molecular complexity index is 534. The molecule has 0 unspecified atom stereocenters. The van der Waals surface area contributed by atoms with Gasteiger partial charge in [0, 0.05) is 0 Å². The van der Waals surface area contributed by atoms with Crippen molar-refractivity contribution in [2.45, 2.75) is 12.8 Å². The highest BCUT2D eigenvalue weighted by Crippen LogP contribution is 1.89. The van der Waals surface area contributed by atoms with Crippen LogP contribution < -0.4 is 0 Å². The van der Waals surface area contributed by atoms with Crippen molar-refractivity contribution in [3.05, 3.63) is 0 Å². The van der Waals surface area contributed by atoms with E-state index in [4.69, 9.17) is 52.1 Å². The molecule has 15 nitrogen and oxygen atoms in total. The van der Waals surface area contributed by atoms with E-state index in [0.29, 0.717) is 145 Å². The van der Waals surface area contributed by atoms with Crippen LogP contribution in [-0.2, 0) is 71.2 Å². The molecule has 0 aliphatic heterocycles. The van der Waals surface area contributed by atoms with Gasteiger partial charge >= 0.3 is 11.9 Å². The van der Waals surface area contributed by atoms with Gasteiger partial charge in [0.1, 0.15) is 0 Å². The third kappa shape index (κ3) is 36.6. The normalized spacial score (nSPS) is 11.2. The summed E-state index contributed by atoms with van der Waals surface area (Å²) in [6, 6.07) is 0. The van der Waals surface area contributed by atoms with Gasteiger partial charge in [0.2, 0.25) is 0 Å². The van der Waals surface area contributed by atoms with Crippen molar-refractivity contribution in [3.63, 3.8) is 0 Å². The SMILES string of the molecule is COC(=O)CCOCCOCCOCCOCCOCCOCCOCCOCCOCCOCCOCCC(=O)OC. The molecule has 0 spiro atoms. The van der Waals surface area contributed by atoms with Crippen molar-refractivity contribution in [2.24, 2.45) is 0 Å². The second-order valence-corrected chi connectivity index (χ2v) is 8.39. The Kier molecular flexibility index (Phi) is 35.4. The van der Waals surface area contributed by atoms with Crippen LogP contribution in [0.2, 0.25) is 0 Å². The van der Waals surface area contributed by atoms with E-state index in [9.17, 15) is 9.59 Å². The first-order chi connectivity index (χ1) is 21.2. The molecule has 0 fully saturated rings. The average Bonchev–Trinajstić information content (AvgIpc) is 3.02. The van der Waals surface area contributed by atoms with Gasteiger partial charge in [-0.1, -0.05) is 0 Å². The van der Waals surface area contributed by atoms with E-state index >= 15 is 0 Å². The van der Waals surface area contributed by atoms with Crippen LogP contribution in [0.15, 0.2) is 0 Å². The van der Waals surface area contributed by atoms with Crippen molar-refractivity contribution in [1.82, 2.24) is 0 Å². The van der Waals surface area contributed by atoms with Gasteiger partial charge in [-0.15, -0.1) is 0 Å². The summed E-state index contributed by atoms with van der Waals surface area (Å²) in [5, 5.41) is 0. The lowest BCUT2D eigenvalue weighted by Crippen LogP contribution is -2.15. The maximum absolute atomic E-state index is 10.9. The molecular weight excluding hydrogens is 576 g/mol.